The lowest BCUT2D eigenvalue weighted by atomic mass is 10.1. The van der Waals surface area contributed by atoms with Crippen molar-refractivity contribution in [1.82, 2.24) is 10.2 Å². The zero-order valence-electron chi connectivity index (χ0n) is 11.4. The first-order chi connectivity index (χ1) is 10.8. The lowest BCUT2D eigenvalue weighted by Gasteiger charge is -2.06. The minimum Gasteiger partial charge on any atom is -0.423 e. The van der Waals surface area contributed by atoms with E-state index in [4.69, 9.17) is 9.68 Å². The van der Waals surface area contributed by atoms with Gasteiger partial charge in [-0.3, -0.25) is 4.79 Å². The summed E-state index contributed by atoms with van der Waals surface area (Å²) in [7, 11) is 0. The number of nitriles is 1. The van der Waals surface area contributed by atoms with Gasteiger partial charge < -0.3 is 9.73 Å². The first-order valence-electron chi connectivity index (χ1n) is 6.44. The van der Waals surface area contributed by atoms with Gasteiger partial charge in [0.1, 0.15) is 0 Å². The van der Waals surface area contributed by atoms with Crippen LogP contribution in [-0.2, 0) is 0 Å². The van der Waals surface area contributed by atoms with Gasteiger partial charge in [0.15, 0.2) is 0 Å². The number of nitrogens with one attached hydrogen (secondary N) is 1. The predicted molar refractivity (Wildman–Crippen MR) is 78.8 cm³/mol. The van der Waals surface area contributed by atoms with Crippen LogP contribution < -0.4 is 5.32 Å². The summed E-state index contributed by atoms with van der Waals surface area (Å²) < 4.78 is 5.12. The Bertz CT molecular complexity index is 833. The number of aromatic nitrogens is 2. The van der Waals surface area contributed by atoms with Crippen LogP contribution in [0.25, 0.3) is 11.5 Å². The van der Waals surface area contributed by atoms with E-state index in [1.165, 1.54) is 6.39 Å². The summed E-state index contributed by atoms with van der Waals surface area (Å²) in [6, 6.07) is 15.5. The van der Waals surface area contributed by atoms with Crippen molar-refractivity contribution in [2.45, 2.75) is 0 Å². The third-order valence-electron chi connectivity index (χ3n) is 3.00. The second kappa shape index (κ2) is 5.89. The quantitative estimate of drug-likeness (QED) is 0.800. The van der Waals surface area contributed by atoms with Crippen LogP contribution in [0, 0.1) is 11.3 Å². The lowest BCUT2D eigenvalue weighted by Crippen LogP contribution is -2.11. The average molecular weight is 290 g/mol. The van der Waals surface area contributed by atoms with E-state index in [1.54, 1.807) is 42.5 Å². The number of hydrogen-bond donors (Lipinski definition) is 1. The molecular formula is C16H10N4O2. The maximum Gasteiger partial charge on any atom is 0.255 e. The largest absolute Gasteiger partial charge is 0.423 e. The number of hydrogen-bond acceptors (Lipinski definition) is 5. The Labute approximate surface area is 126 Å². The zero-order chi connectivity index (χ0) is 15.4. The van der Waals surface area contributed by atoms with Gasteiger partial charge in [0.25, 0.3) is 5.91 Å². The second-order valence-electron chi connectivity index (χ2n) is 4.47. The van der Waals surface area contributed by atoms with E-state index in [1.807, 2.05) is 12.1 Å². The van der Waals surface area contributed by atoms with E-state index >= 15 is 0 Å². The fraction of sp³-hybridized carbons (Fsp3) is 0. The summed E-state index contributed by atoms with van der Waals surface area (Å²) in [5, 5.41) is 19.0. The van der Waals surface area contributed by atoms with Crippen LogP contribution in [0.3, 0.4) is 0 Å². The third kappa shape index (κ3) is 2.83. The van der Waals surface area contributed by atoms with E-state index in [2.05, 4.69) is 15.5 Å². The van der Waals surface area contributed by atoms with Crippen molar-refractivity contribution in [1.29, 1.82) is 5.26 Å². The number of carbonyl (C=O) groups excluding carboxylic acids is 1. The van der Waals surface area contributed by atoms with E-state index in [0.29, 0.717) is 22.7 Å². The molecule has 0 spiro atoms. The Morgan fingerprint density at radius 3 is 2.68 bits per heavy atom. The fourth-order valence-electron chi connectivity index (χ4n) is 1.93. The summed E-state index contributed by atoms with van der Waals surface area (Å²) in [6.07, 6.45) is 1.25. The van der Waals surface area contributed by atoms with Gasteiger partial charge >= 0.3 is 0 Å². The highest BCUT2D eigenvalue weighted by molar-refractivity contribution is 6.04. The molecule has 0 atom stereocenters. The molecule has 3 aromatic rings. The highest BCUT2D eigenvalue weighted by atomic mass is 16.4. The number of anilines is 1. The molecule has 0 bridgehead atoms. The fourth-order valence-corrected chi connectivity index (χ4v) is 1.93. The molecule has 2 aromatic carbocycles. The van der Waals surface area contributed by atoms with Crippen LogP contribution in [0.4, 0.5) is 5.69 Å². The van der Waals surface area contributed by atoms with E-state index in [0.717, 1.165) is 5.56 Å². The van der Waals surface area contributed by atoms with Gasteiger partial charge in [-0.2, -0.15) is 5.26 Å². The maximum absolute atomic E-state index is 12.2. The standard InChI is InChI=1S/C16H10N4O2/c17-9-11-4-6-12(7-5-11)15(21)19-14-3-1-2-13(8-14)16-20-18-10-22-16/h1-8,10H,(H,19,21). The van der Waals surface area contributed by atoms with Gasteiger partial charge in [0.2, 0.25) is 12.3 Å². The molecule has 0 saturated carbocycles. The molecule has 6 heteroatoms. The molecule has 0 fully saturated rings. The molecule has 0 aliphatic rings. The number of benzene rings is 2. The van der Waals surface area contributed by atoms with Gasteiger partial charge in [-0.05, 0) is 42.5 Å². The molecule has 1 aromatic heterocycles. The molecule has 1 amide bonds. The molecule has 106 valence electrons. The molecule has 0 saturated heterocycles. The maximum atomic E-state index is 12.2. The molecule has 0 aliphatic heterocycles. The Morgan fingerprint density at radius 2 is 2.00 bits per heavy atom. The number of nitrogens with zero attached hydrogens (tertiary/aromatic N) is 3. The summed E-state index contributed by atoms with van der Waals surface area (Å²) in [4.78, 5) is 12.2. The average Bonchev–Trinajstić information content (AvgIpc) is 3.10. The molecule has 0 radical (unpaired) electrons. The molecular weight excluding hydrogens is 280 g/mol. The Morgan fingerprint density at radius 1 is 1.18 bits per heavy atom. The molecule has 22 heavy (non-hydrogen) atoms. The van der Waals surface area contributed by atoms with Gasteiger partial charge in [-0.1, -0.05) is 6.07 Å². The molecule has 3 rings (SSSR count). The Balaban J connectivity index is 1.79. The van der Waals surface area contributed by atoms with Crippen LogP contribution in [0.15, 0.2) is 59.3 Å². The van der Waals surface area contributed by atoms with E-state index < -0.39 is 0 Å². The van der Waals surface area contributed by atoms with Crippen LogP contribution in [-0.4, -0.2) is 16.1 Å². The lowest BCUT2D eigenvalue weighted by molar-refractivity contribution is 0.102. The van der Waals surface area contributed by atoms with E-state index in [9.17, 15) is 4.79 Å². The summed E-state index contributed by atoms with van der Waals surface area (Å²) in [5.41, 5.74) is 2.32. The van der Waals surface area contributed by atoms with Gasteiger partial charge in [-0.25, -0.2) is 0 Å². The number of carbonyl (C=O) groups is 1. The predicted octanol–water partition coefficient (Wildman–Crippen LogP) is 2.86. The van der Waals surface area contributed by atoms with Crippen LogP contribution >= 0.6 is 0 Å². The van der Waals surface area contributed by atoms with Crippen molar-refractivity contribution in [2.24, 2.45) is 0 Å². The van der Waals surface area contributed by atoms with Crippen molar-refractivity contribution < 1.29 is 9.21 Å². The minimum absolute atomic E-state index is 0.257. The van der Waals surface area contributed by atoms with Crippen LogP contribution in [0.2, 0.25) is 0 Å². The number of amides is 1. The Hall–Kier alpha value is -3.46. The monoisotopic (exact) mass is 290 g/mol. The topological polar surface area (TPSA) is 91.8 Å². The zero-order valence-corrected chi connectivity index (χ0v) is 11.4. The van der Waals surface area contributed by atoms with Crippen LogP contribution in [0.1, 0.15) is 15.9 Å². The van der Waals surface area contributed by atoms with Crippen molar-refractivity contribution in [3.8, 4) is 17.5 Å². The molecule has 0 unspecified atom stereocenters. The van der Waals surface area contributed by atoms with Crippen molar-refractivity contribution in [2.75, 3.05) is 5.32 Å². The van der Waals surface area contributed by atoms with E-state index in [-0.39, 0.29) is 5.91 Å². The second-order valence-corrected chi connectivity index (χ2v) is 4.47. The first kappa shape index (κ1) is 13.5. The molecule has 1 heterocycles. The summed E-state index contributed by atoms with van der Waals surface area (Å²) >= 11 is 0. The first-order valence-corrected chi connectivity index (χ1v) is 6.44. The number of rotatable bonds is 3. The molecule has 1 N–H and O–H groups in total. The molecule has 0 aliphatic carbocycles. The highest BCUT2D eigenvalue weighted by Gasteiger charge is 2.08. The third-order valence-corrected chi connectivity index (χ3v) is 3.00. The summed E-state index contributed by atoms with van der Waals surface area (Å²) in [6.45, 7) is 0. The smallest absolute Gasteiger partial charge is 0.255 e. The van der Waals surface area contributed by atoms with Gasteiger partial charge in [-0.15, -0.1) is 10.2 Å². The van der Waals surface area contributed by atoms with Crippen molar-refractivity contribution >= 4 is 11.6 Å². The van der Waals surface area contributed by atoms with Crippen molar-refractivity contribution in [3.05, 3.63) is 66.1 Å². The normalized spacial score (nSPS) is 9.95. The summed E-state index contributed by atoms with van der Waals surface area (Å²) in [5.74, 6) is 0.127. The van der Waals surface area contributed by atoms with Crippen molar-refractivity contribution in [3.63, 3.8) is 0 Å². The van der Waals surface area contributed by atoms with Gasteiger partial charge in [0.05, 0.1) is 11.6 Å². The van der Waals surface area contributed by atoms with Crippen LogP contribution in [0.5, 0.6) is 0 Å². The molecule has 6 nitrogen and oxygen atoms in total. The minimum atomic E-state index is -0.257. The highest BCUT2D eigenvalue weighted by Crippen LogP contribution is 2.20. The van der Waals surface area contributed by atoms with Gasteiger partial charge in [0, 0.05) is 16.8 Å². The SMILES string of the molecule is N#Cc1ccc(C(=O)Nc2cccc(-c3nnco3)c2)cc1. The Kier molecular flexibility index (Phi) is 3.62.